The topological polar surface area (TPSA) is 17.1 Å². The van der Waals surface area contributed by atoms with E-state index in [0.29, 0.717) is 17.0 Å². The molecule has 2 aromatic carbocycles. The number of Topliss-reactive ketones (excluding diaryl/α,β-unsaturated/α-hetero) is 1. The first kappa shape index (κ1) is 14.8. The molecule has 19 heavy (non-hydrogen) atoms. The summed E-state index contributed by atoms with van der Waals surface area (Å²) in [5.41, 5.74) is 2.60. The van der Waals surface area contributed by atoms with Gasteiger partial charge in [0, 0.05) is 26.0 Å². The van der Waals surface area contributed by atoms with Crippen molar-refractivity contribution in [2.45, 2.75) is 13.3 Å². The number of hydrogen-bond donors (Lipinski definition) is 0. The van der Waals surface area contributed by atoms with Gasteiger partial charge in [-0.05, 0) is 42.3 Å². The van der Waals surface area contributed by atoms with E-state index in [-0.39, 0.29) is 5.78 Å². The molecule has 0 saturated heterocycles. The number of halogens is 3. The molecule has 0 spiro atoms. The monoisotopic (exact) mass is 400 g/mol. The molecular weight excluding hydrogens is 391 g/mol. The number of benzene rings is 2. The van der Waals surface area contributed by atoms with Gasteiger partial charge in [0.25, 0.3) is 0 Å². The fraction of sp³-hybridized carbons (Fsp3) is 0.133. The Kier molecular flexibility index (Phi) is 4.82. The third-order valence-corrected chi connectivity index (χ3v) is 4.32. The quantitative estimate of drug-likeness (QED) is 0.611. The highest BCUT2D eigenvalue weighted by atomic mass is 79.9. The fourth-order valence-electron chi connectivity index (χ4n) is 1.78. The molecule has 0 N–H and O–H groups in total. The lowest BCUT2D eigenvalue weighted by atomic mass is 10.0. The van der Waals surface area contributed by atoms with Crippen molar-refractivity contribution in [1.82, 2.24) is 0 Å². The lowest BCUT2D eigenvalue weighted by molar-refractivity contribution is 0.0992. The van der Waals surface area contributed by atoms with Crippen LogP contribution in [0.1, 0.15) is 21.5 Å². The van der Waals surface area contributed by atoms with E-state index in [1.165, 1.54) is 0 Å². The Balaban J connectivity index is 2.28. The Morgan fingerprint density at radius 1 is 1.16 bits per heavy atom. The van der Waals surface area contributed by atoms with E-state index in [2.05, 4.69) is 31.9 Å². The van der Waals surface area contributed by atoms with E-state index >= 15 is 0 Å². The average Bonchev–Trinajstić information content (AvgIpc) is 2.35. The van der Waals surface area contributed by atoms with E-state index in [1.807, 2.05) is 43.3 Å². The zero-order valence-electron chi connectivity index (χ0n) is 10.2. The molecule has 0 aliphatic carbocycles. The van der Waals surface area contributed by atoms with Crippen LogP contribution in [0, 0.1) is 6.92 Å². The van der Waals surface area contributed by atoms with Gasteiger partial charge in [-0.3, -0.25) is 4.79 Å². The van der Waals surface area contributed by atoms with E-state index in [0.717, 1.165) is 20.1 Å². The minimum absolute atomic E-state index is 0.0407. The standard InChI is InChI=1S/C15H11Br2ClO/c1-9-2-3-10(14(18)6-9)7-15(19)12-8-11(16)4-5-13(12)17/h2-6,8H,7H2,1H3. The first-order valence-corrected chi connectivity index (χ1v) is 7.67. The van der Waals surface area contributed by atoms with Crippen LogP contribution in [0.25, 0.3) is 0 Å². The van der Waals surface area contributed by atoms with Gasteiger partial charge in [-0.1, -0.05) is 55.6 Å². The molecule has 2 aromatic rings. The summed E-state index contributed by atoms with van der Waals surface area (Å²) >= 11 is 12.9. The van der Waals surface area contributed by atoms with Gasteiger partial charge in [0.2, 0.25) is 0 Å². The van der Waals surface area contributed by atoms with E-state index < -0.39 is 0 Å². The Hall–Kier alpha value is -0.640. The SMILES string of the molecule is Cc1ccc(CC(=O)c2cc(Br)ccc2Br)c(Cl)c1. The van der Waals surface area contributed by atoms with Gasteiger partial charge in [0.05, 0.1) is 0 Å². The number of hydrogen-bond acceptors (Lipinski definition) is 1. The molecule has 0 radical (unpaired) electrons. The maximum atomic E-state index is 12.3. The van der Waals surface area contributed by atoms with Crippen molar-refractivity contribution < 1.29 is 4.79 Å². The van der Waals surface area contributed by atoms with Crippen molar-refractivity contribution >= 4 is 49.2 Å². The van der Waals surface area contributed by atoms with Gasteiger partial charge in [0.1, 0.15) is 0 Å². The smallest absolute Gasteiger partial charge is 0.168 e. The summed E-state index contributed by atoms with van der Waals surface area (Å²) in [6.45, 7) is 1.97. The van der Waals surface area contributed by atoms with Gasteiger partial charge >= 0.3 is 0 Å². The number of carbonyl (C=O) groups is 1. The summed E-state index contributed by atoms with van der Waals surface area (Å²) in [6, 6.07) is 11.3. The second kappa shape index (κ2) is 6.21. The van der Waals surface area contributed by atoms with E-state index in [1.54, 1.807) is 0 Å². The minimum Gasteiger partial charge on any atom is -0.294 e. The molecule has 0 bridgehead atoms. The highest BCUT2D eigenvalue weighted by Gasteiger charge is 2.13. The van der Waals surface area contributed by atoms with Crippen LogP contribution in [-0.2, 0) is 6.42 Å². The predicted molar refractivity (Wildman–Crippen MR) is 86.1 cm³/mol. The molecule has 0 amide bonds. The van der Waals surface area contributed by atoms with Gasteiger partial charge in [-0.25, -0.2) is 0 Å². The number of carbonyl (C=O) groups excluding carboxylic acids is 1. The van der Waals surface area contributed by atoms with Crippen LogP contribution in [0.5, 0.6) is 0 Å². The van der Waals surface area contributed by atoms with Crippen LogP contribution in [0.2, 0.25) is 5.02 Å². The zero-order valence-corrected chi connectivity index (χ0v) is 14.1. The van der Waals surface area contributed by atoms with Crippen LogP contribution in [-0.4, -0.2) is 5.78 Å². The molecule has 0 saturated carbocycles. The summed E-state index contributed by atoms with van der Waals surface area (Å²) in [5, 5.41) is 0.638. The van der Waals surface area contributed by atoms with Gasteiger partial charge in [0.15, 0.2) is 5.78 Å². The minimum atomic E-state index is 0.0407. The molecule has 0 aliphatic rings. The molecule has 0 fully saturated rings. The summed E-state index contributed by atoms with van der Waals surface area (Å²) in [6.07, 6.45) is 0.300. The molecule has 0 aliphatic heterocycles. The lowest BCUT2D eigenvalue weighted by Gasteiger charge is -2.07. The van der Waals surface area contributed by atoms with Crippen LogP contribution in [0.15, 0.2) is 45.3 Å². The molecule has 1 nitrogen and oxygen atoms in total. The fourth-order valence-corrected chi connectivity index (χ4v) is 2.91. The summed E-state index contributed by atoms with van der Waals surface area (Å²) in [7, 11) is 0. The zero-order chi connectivity index (χ0) is 14.0. The molecule has 2 rings (SSSR count). The highest BCUT2D eigenvalue weighted by Crippen LogP contribution is 2.25. The van der Waals surface area contributed by atoms with Gasteiger partial charge in [-0.2, -0.15) is 0 Å². The summed E-state index contributed by atoms with van der Waals surface area (Å²) < 4.78 is 1.68. The maximum absolute atomic E-state index is 12.3. The normalized spacial score (nSPS) is 10.5. The number of aryl methyl sites for hydroxylation is 1. The third kappa shape index (κ3) is 3.68. The number of ketones is 1. The van der Waals surface area contributed by atoms with Crippen molar-refractivity contribution in [1.29, 1.82) is 0 Å². The van der Waals surface area contributed by atoms with Gasteiger partial charge in [-0.15, -0.1) is 0 Å². The van der Waals surface area contributed by atoms with Gasteiger partial charge < -0.3 is 0 Å². The summed E-state index contributed by atoms with van der Waals surface area (Å²) in [5.74, 6) is 0.0407. The Labute approximate surface area is 134 Å². The Bertz CT molecular complexity index is 638. The van der Waals surface area contributed by atoms with E-state index in [9.17, 15) is 4.79 Å². The van der Waals surface area contributed by atoms with Crippen molar-refractivity contribution in [2.75, 3.05) is 0 Å². The van der Waals surface area contributed by atoms with Crippen molar-refractivity contribution in [2.24, 2.45) is 0 Å². The molecule has 4 heteroatoms. The molecule has 0 unspecified atom stereocenters. The maximum Gasteiger partial charge on any atom is 0.168 e. The summed E-state index contributed by atoms with van der Waals surface area (Å²) in [4.78, 5) is 12.3. The number of rotatable bonds is 3. The predicted octanol–water partition coefficient (Wildman–Crippen LogP) is 5.60. The van der Waals surface area contributed by atoms with E-state index in [4.69, 9.17) is 11.6 Å². The average molecular weight is 403 g/mol. The molecule has 0 aromatic heterocycles. The van der Waals surface area contributed by atoms with Crippen LogP contribution >= 0.6 is 43.5 Å². The second-order valence-corrected chi connectivity index (χ2v) is 6.50. The van der Waals surface area contributed by atoms with Crippen LogP contribution in [0.4, 0.5) is 0 Å². The first-order valence-electron chi connectivity index (χ1n) is 5.70. The third-order valence-electron chi connectivity index (χ3n) is 2.79. The second-order valence-electron chi connectivity index (χ2n) is 4.32. The lowest BCUT2D eigenvalue weighted by Crippen LogP contribution is -2.05. The molecular formula is C15H11Br2ClO. The molecule has 0 atom stereocenters. The van der Waals surface area contributed by atoms with Crippen molar-refractivity contribution in [3.63, 3.8) is 0 Å². The van der Waals surface area contributed by atoms with Crippen LogP contribution in [0.3, 0.4) is 0 Å². The van der Waals surface area contributed by atoms with Crippen molar-refractivity contribution in [3.8, 4) is 0 Å². The Morgan fingerprint density at radius 2 is 1.89 bits per heavy atom. The molecule has 0 heterocycles. The highest BCUT2D eigenvalue weighted by molar-refractivity contribution is 9.11. The first-order chi connectivity index (χ1) is 8.97. The van der Waals surface area contributed by atoms with Crippen molar-refractivity contribution in [3.05, 3.63) is 67.1 Å². The largest absolute Gasteiger partial charge is 0.294 e. The molecule has 98 valence electrons. The Morgan fingerprint density at radius 3 is 2.58 bits per heavy atom. The van der Waals surface area contributed by atoms with Crippen LogP contribution < -0.4 is 0 Å².